The molecule has 2 aromatic heterocycles. The molecule has 2 aromatic carbocycles. The predicted molar refractivity (Wildman–Crippen MR) is 109 cm³/mol. The SMILES string of the molecule is Nc1nc(Cl)c2c(CN(Cc3ccccc3)Cc3ccccc3)c[nH]c2n1. The van der Waals surface area contributed by atoms with Crippen molar-refractivity contribution in [1.29, 1.82) is 0 Å². The number of fused-ring (bicyclic) bond motifs is 1. The van der Waals surface area contributed by atoms with E-state index >= 15 is 0 Å². The fourth-order valence-corrected chi connectivity index (χ4v) is 3.58. The Morgan fingerprint density at radius 2 is 1.44 bits per heavy atom. The lowest BCUT2D eigenvalue weighted by Gasteiger charge is -2.22. The van der Waals surface area contributed by atoms with Crippen molar-refractivity contribution in [3.63, 3.8) is 0 Å². The average molecular weight is 378 g/mol. The van der Waals surface area contributed by atoms with Crippen LogP contribution < -0.4 is 5.73 Å². The summed E-state index contributed by atoms with van der Waals surface area (Å²) in [5.74, 6) is 0.173. The minimum Gasteiger partial charge on any atom is -0.368 e. The van der Waals surface area contributed by atoms with Crippen LogP contribution in [0.1, 0.15) is 16.7 Å². The lowest BCUT2D eigenvalue weighted by atomic mass is 10.1. The van der Waals surface area contributed by atoms with Gasteiger partial charge in [0, 0.05) is 25.8 Å². The molecule has 27 heavy (non-hydrogen) atoms. The van der Waals surface area contributed by atoms with Crippen LogP contribution in [-0.2, 0) is 19.6 Å². The first-order chi connectivity index (χ1) is 13.2. The largest absolute Gasteiger partial charge is 0.368 e. The molecule has 0 aliphatic rings. The number of halogens is 1. The molecule has 0 atom stereocenters. The van der Waals surface area contributed by atoms with E-state index in [1.165, 1.54) is 11.1 Å². The number of aromatic amines is 1. The Kier molecular flexibility index (Phi) is 5.05. The van der Waals surface area contributed by atoms with E-state index in [1.807, 2.05) is 18.3 Å². The Bertz CT molecular complexity index is 989. The third kappa shape index (κ3) is 4.10. The second kappa shape index (κ2) is 7.78. The maximum atomic E-state index is 6.34. The second-order valence-corrected chi connectivity index (χ2v) is 6.88. The molecule has 2 heterocycles. The first-order valence-electron chi connectivity index (χ1n) is 8.78. The van der Waals surface area contributed by atoms with Gasteiger partial charge in [0.05, 0.1) is 5.39 Å². The third-order valence-electron chi connectivity index (χ3n) is 4.48. The first kappa shape index (κ1) is 17.5. The molecule has 0 fully saturated rings. The number of H-pyrrole nitrogens is 1. The van der Waals surface area contributed by atoms with Gasteiger partial charge in [-0.25, -0.2) is 4.98 Å². The lowest BCUT2D eigenvalue weighted by Crippen LogP contribution is -2.22. The van der Waals surface area contributed by atoms with Gasteiger partial charge in [0.2, 0.25) is 5.95 Å². The summed E-state index contributed by atoms with van der Waals surface area (Å²) in [4.78, 5) is 13.9. The summed E-state index contributed by atoms with van der Waals surface area (Å²) in [6, 6.07) is 20.9. The molecule has 0 amide bonds. The minimum atomic E-state index is 0.173. The molecule has 4 rings (SSSR count). The zero-order valence-corrected chi connectivity index (χ0v) is 15.5. The lowest BCUT2D eigenvalue weighted by molar-refractivity contribution is 0.248. The molecular formula is C21H20ClN5. The highest BCUT2D eigenvalue weighted by Gasteiger charge is 2.15. The molecular weight excluding hydrogens is 358 g/mol. The number of nitrogens with one attached hydrogen (secondary N) is 1. The zero-order chi connectivity index (χ0) is 18.6. The number of hydrogen-bond acceptors (Lipinski definition) is 4. The van der Waals surface area contributed by atoms with Gasteiger partial charge in [0.25, 0.3) is 0 Å². The van der Waals surface area contributed by atoms with Gasteiger partial charge in [-0.2, -0.15) is 4.98 Å². The summed E-state index contributed by atoms with van der Waals surface area (Å²) in [7, 11) is 0. The monoisotopic (exact) mass is 377 g/mol. The Morgan fingerprint density at radius 1 is 0.852 bits per heavy atom. The molecule has 0 unspecified atom stereocenters. The van der Waals surface area contributed by atoms with Gasteiger partial charge in [0.15, 0.2) is 0 Å². The van der Waals surface area contributed by atoms with Crippen LogP contribution in [0.3, 0.4) is 0 Å². The smallest absolute Gasteiger partial charge is 0.223 e. The summed E-state index contributed by atoms with van der Waals surface area (Å²) in [6.07, 6.45) is 1.94. The molecule has 0 saturated heterocycles. The highest BCUT2D eigenvalue weighted by molar-refractivity contribution is 6.34. The van der Waals surface area contributed by atoms with Gasteiger partial charge in [-0.15, -0.1) is 0 Å². The average Bonchev–Trinajstić information content (AvgIpc) is 3.06. The van der Waals surface area contributed by atoms with Gasteiger partial charge < -0.3 is 10.7 Å². The Hall–Kier alpha value is -2.89. The number of benzene rings is 2. The number of aromatic nitrogens is 3. The fourth-order valence-electron chi connectivity index (χ4n) is 3.28. The van der Waals surface area contributed by atoms with Gasteiger partial charge in [-0.1, -0.05) is 72.3 Å². The second-order valence-electron chi connectivity index (χ2n) is 6.53. The molecule has 0 aliphatic heterocycles. The number of nitrogens with zero attached hydrogens (tertiary/aromatic N) is 3. The highest BCUT2D eigenvalue weighted by atomic mass is 35.5. The van der Waals surface area contributed by atoms with Crippen molar-refractivity contribution >= 4 is 28.6 Å². The Labute approximate surface area is 162 Å². The topological polar surface area (TPSA) is 70.8 Å². The van der Waals surface area contributed by atoms with Gasteiger partial charge in [0.1, 0.15) is 10.8 Å². The highest BCUT2D eigenvalue weighted by Crippen LogP contribution is 2.26. The van der Waals surface area contributed by atoms with Crippen molar-refractivity contribution in [3.05, 3.63) is 88.7 Å². The van der Waals surface area contributed by atoms with Crippen LogP contribution in [0.5, 0.6) is 0 Å². The van der Waals surface area contributed by atoms with Crippen molar-refractivity contribution in [2.75, 3.05) is 5.73 Å². The molecule has 0 saturated carbocycles. The van der Waals surface area contributed by atoms with Crippen LogP contribution in [0.15, 0.2) is 66.9 Å². The van der Waals surface area contributed by atoms with Gasteiger partial charge in [-0.3, -0.25) is 4.90 Å². The van der Waals surface area contributed by atoms with E-state index in [0.29, 0.717) is 10.8 Å². The molecule has 0 aliphatic carbocycles. The van der Waals surface area contributed by atoms with E-state index in [-0.39, 0.29) is 5.95 Å². The summed E-state index contributed by atoms with van der Waals surface area (Å²) >= 11 is 6.34. The van der Waals surface area contributed by atoms with Gasteiger partial charge >= 0.3 is 0 Å². The Morgan fingerprint density at radius 3 is 2.04 bits per heavy atom. The van der Waals surface area contributed by atoms with Crippen LogP contribution in [0.25, 0.3) is 11.0 Å². The molecule has 0 radical (unpaired) electrons. The summed E-state index contributed by atoms with van der Waals surface area (Å²) in [6.45, 7) is 2.38. The third-order valence-corrected chi connectivity index (χ3v) is 4.75. The maximum Gasteiger partial charge on any atom is 0.223 e. The first-order valence-corrected chi connectivity index (χ1v) is 9.16. The zero-order valence-electron chi connectivity index (χ0n) is 14.8. The molecule has 5 nitrogen and oxygen atoms in total. The van der Waals surface area contributed by atoms with E-state index in [9.17, 15) is 0 Å². The quantitative estimate of drug-likeness (QED) is 0.489. The van der Waals surface area contributed by atoms with Crippen molar-refractivity contribution in [2.24, 2.45) is 0 Å². The van der Waals surface area contributed by atoms with E-state index < -0.39 is 0 Å². The van der Waals surface area contributed by atoms with Crippen molar-refractivity contribution in [2.45, 2.75) is 19.6 Å². The van der Waals surface area contributed by atoms with Crippen LogP contribution in [0, 0.1) is 0 Å². The molecule has 6 heteroatoms. The van der Waals surface area contributed by atoms with E-state index in [4.69, 9.17) is 17.3 Å². The molecule has 0 spiro atoms. The maximum absolute atomic E-state index is 6.34. The van der Waals surface area contributed by atoms with Crippen LogP contribution in [0.2, 0.25) is 5.15 Å². The van der Waals surface area contributed by atoms with E-state index in [1.54, 1.807) is 0 Å². The number of nitrogens with two attached hydrogens (primary N) is 1. The number of anilines is 1. The predicted octanol–water partition coefficient (Wildman–Crippen LogP) is 4.40. The number of nitrogen functional groups attached to an aromatic ring is 1. The van der Waals surface area contributed by atoms with Crippen molar-refractivity contribution in [1.82, 2.24) is 19.9 Å². The number of rotatable bonds is 6. The minimum absolute atomic E-state index is 0.173. The molecule has 0 bridgehead atoms. The molecule has 3 N–H and O–H groups in total. The standard InChI is InChI=1S/C21H20ClN5/c22-19-18-17(11-24-20(18)26-21(23)25-19)14-27(12-15-7-3-1-4-8-15)13-16-9-5-2-6-10-16/h1-11H,12-14H2,(H3,23,24,25,26). The summed E-state index contributed by atoms with van der Waals surface area (Å²) < 4.78 is 0. The fraction of sp³-hybridized carbons (Fsp3) is 0.143. The summed E-state index contributed by atoms with van der Waals surface area (Å²) in [5, 5.41) is 1.21. The van der Waals surface area contributed by atoms with E-state index in [2.05, 4.69) is 68.4 Å². The van der Waals surface area contributed by atoms with Crippen LogP contribution in [0.4, 0.5) is 5.95 Å². The van der Waals surface area contributed by atoms with Crippen LogP contribution in [-0.4, -0.2) is 19.9 Å². The Balaban J connectivity index is 1.64. The normalized spacial score (nSPS) is 11.3. The van der Waals surface area contributed by atoms with Gasteiger partial charge in [-0.05, 0) is 16.7 Å². The molecule has 136 valence electrons. The van der Waals surface area contributed by atoms with Crippen LogP contribution >= 0.6 is 11.6 Å². The molecule has 4 aromatic rings. The van der Waals surface area contributed by atoms with Crippen molar-refractivity contribution in [3.8, 4) is 0 Å². The number of hydrogen-bond donors (Lipinski definition) is 2. The summed E-state index contributed by atoms with van der Waals surface area (Å²) in [5.41, 5.74) is 9.96. The van der Waals surface area contributed by atoms with Crippen molar-refractivity contribution < 1.29 is 0 Å². The van der Waals surface area contributed by atoms with E-state index in [0.717, 1.165) is 30.6 Å².